The largest absolute Gasteiger partial charge is 0.382 e. The lowest BCUT2D eigenvalue weighted by atomic mass is 10.0. The van der Waals surface area contributed by atoms with Crippen molar-refractivity contribution < 1.29 is 0 Å². The first kappa shape index (κ1) is 13.0. The summed E-state index contributed by atoms with van der Waals surface area (Å²) in [5, 5.41) is 12.3. The number of H-pyrrole nitrogens is 1. The molecule has 0 spiro atoms. The van der Waals surface area contributed by atoms with Gasteiger partial charge in [-0.1, -0.05) is 29.3 Å². The smallest absolute Gasteiger partial charge is 0.153 e. The Balaban J connectivity index is 2.18. The lowest BCUT2D eigenvalue weighted by molar-refractivity contribution is 0.770. The number of benzene rings is 1. The van der Waals surface area contributed by atoms with Crippen molar-refractivity contribution in [1.29, 1.82) is 0 Å². The molecule has 0 unspecified atom stereocenters. The molecule has 0 bridgehead atoms. The van der Waals surface area contributed by atoms with E-state index in [0.29, 0.717) is 15.9 Å². The summed E-state index contributed by atoms with van der Waals surface area (Å²) in [5.74, 6) is 0.393. The van der Waals surface area contributed by atoms with Gasteiger partial charge in [-0.2, -0.15) is 10.2 Å². The Labute approximate surface area is 125 Å². The van der Waals surface area contributed by atoms with E-state index in [1.807, 2.05) is 25.4 Å². The van der Waals surface area contributed by atoms with E-state index in [0.717, 1.165) is 22.5 Å². The summed E-state index contributed by atoms with van der Waals surface area (Å²) in [7, 11) is 1.85. The van der Waals surface area contributed by atoms with E-state index in [9.17, 15) is 0 Å². The van der Waals surface area contributed by atoms with Crippen LogP contribution in [0.3, 0.4) is 0 Å². The molecule has 5 nitrogen and oxygen atoms in total. The number of nitrogens with two attached hydrogens (primary N) is 1. The van der Waals surface area contributed by atoms with E-state index in [4.69, 9.17) is 28.9 Å². The highest BCUT2D eigenvalue weighted by Gasteiger charge is 2.17. The van der Waals surface area contributed by atoms with Gasteiger partial charge in [0, 0.05) is 13.2 Å². The molecule has 3 aromatic rings. The third-order valence-corrected chi connectivity index (χ3v) is 3.71. The number of hydrogen-bond acceptors (Lipinski definition) is 3. The molecule has 2 heterocycles. The van der Waals surface area contributed by atoms with Gasteiger partial charge in [0.2, 0.25) is 0 Å². The van der Waals surface area contributed by atoms with Crippen molar-refractivity contribution in [3.05, 3.63) is 40.5 Å². The van der Waals surface area contributed by atoms with Gasteiger partial charge in [0.05, 0.1) is 21.3 Å². The van der Waals surface area contributed by atoms with Crippen LogP contribution in [-0.2, 0) is 7.05 Å². The Morgan fingerprint density at radius 3 is 2.65 bits per heavy atom. The van der Waals surface area contributed by atoms with Crippen LogP contribution in [-0.4, -0.2) is 20.0 Å². The molecule has 0 aliphatic carbocycles. The highest BCUT2D eigenvalue weighted by Crippen LogP contribution is 2.36. The Morgan fingerprint density at radius 2 is 2.00 bits per heavy atom. The molecule has 0 saturated carbocycles. The maximum absolute atomic E-state index is 6.06. The quantitative estimate of drug-likeness (QED) is 0.762. The van der Waals surface area contributed by atoms with Crippen LogP contribution in [0.1, 0.15) is 0 Å². The molecule has 20 heavy (non-hydrogen) atoms. The lowest BCUT2D eigenvalue weighted by Gasteiger charge is -2.04. The topological polar surface area (TPSA) is 72.5 Å². The van der Waals surface area contributed by atoms with Crippen LogP contribution in [0, 0.1) is 0 Å². The Hall–Kier alpha value is -1.98. The first-order valence-electron chi connectivity index (χ1n) is 5.85. The fraction of sp³-hybridized carbons (Fsp3) is 0.0769. The number of aromatic amines is 1. The fourth-order valence-corrected chi connectivity index (χ4v) is 2.33. The third kappa shape index (κ3) is 2.15. The van der Waals surface area contributed by atoms with E-state index in [1.165, 1.54) is 0 Å². The number of nitrogens with zero attached hydrogens (tertiary/aromatic N) is 3. The standard InChI is InChI=1S/C13H11Cl2N5/c1-20-5-4-10(19-20)12-11(13(16)18-17-12)7-2-3-8(14)9(15)6-7/h2-6H,1H3,(H3,16,17,18). The summed E-state index contributed by atoms with van der Waals surface area (Å²) in [6.07, 6.45) is 1.85. The number of nitrogen functional groups attached to an aromatic ring is 1. The molecular formula is C13H11Cl2N5. The van der Waals surface area contributed by atoms with E-state index in [-0.39, 0.29) is 0 Å². The summed E-state index contributed by atoms with van der Waals surface area (Å²) in [6.45, 7) is 0. The van der Waals surface area contributed by atoms with Gasteiger partial charge in [-0.15, -0.1) is 0 Å². The minimum absolute atomic E-state index is 0.393. The maximum atomic E-state index is 6.06. The van der Waals surface area contributed by atoms with Crippen molar-refractivity contribution in [1.82, 2.24) is 20.0 Å². The zero-order chi connectivity index (χ0) is 14.3. The second-order valence-corrected chi connectivity index (χ2v) is 5.18. The van der Waals surface area contributed by atoms with E-state index < -0.39 is 0 Å². The molecule has 2 aromatic heterocycles. The first-order chi connectivity index (χ1) is 9.56. The molecule has 102 valence electrons. The number of aromatic nitrogens is 4. The van der Waals surface area contributed by atoms with Gasteiger partial charge in [-0.05, 0) is 23.8 Å². The van der Waals surface area contributed by atoms with Crippen molar-refractivity contribution in [2.24, 2.45) is 7.05 Å². The Bertz CT molecular complexity index is 775. The summed E-state index contributed by atoms with van der Waals surface area (Å²) >= 11 is 12.0. The molecule has 0 radical (unpaired) electrons. The number of rotatable bonds is 2. The predicted molar refractivity (Wildman–Crippen MR) is 80.7 cm³/mol. The minimum Gasteiger partial charge on any atom is -0.382 e. The van der Waals surface area contributed by atoms with E-state index >= 15 is 0 Å². The highest BCUT2D eigenvalue weighted by atomic mass is 35.5. The Kier molecular flexibility index (Phi) is 3.16. The summed E-state index contributed by atoms with van der Waals surface area (Å²) in [6, 6.07) is 7.22. The minimum atomic E-state index is 0.393. The normalized spacial score (nSPS) is 10.9. The van der Waals surface area contributed by atoms with Gasteiger partial charge in [-0.3, -0.25) is 9.78 Å². The monoisotopic (exact) mass is 307 g/mol. The molecule has 7 heteroatoms. The van der Waals surface area contributed by atoms with Crippen molar-refractivity contribution in [2.75, 3.05) is 5.73 Å². The van der Waals surface area contributed by atoms with Crippen LogP contribution >= 0.6 is 23.2 Å². The summed E-state index contributed by atoms with van der Waals surface area (Å²) in [5.41, 5.74) is 9.07. The zero-order valence-electron chi connectivity index (χ0n) is 10.6. The number of aryl methyl sites for hydroxylation is 1. The van der Waals surface area contributed by atoms with Gasteiger partial charge in [0.25, 0.3) is 0 Å². The number of halogens is 2. The molecule has 0 atom stereocenters. The second-order valence-electron chi connectivity index (χ2n) is 4.36. The molecule has 0 amide bonds. The van der Waals surface area contributed by atoms with Crippen LogP contribution in [0.5, 0.6) is 0 Å². The molecular weight excluding hydrogens is 297 g/mol. The Morgan fingerprint density at radius 1 is 1.20 bits per heavy atom. The van der Waals surface area contributed by atoms with Gasteiger partial charge in [0.1, 0.15) is 5.69 Å². The molecule has 3 N–H and O–H groups in total. The van der Waals surface area contributed by atoms with Gasteiger partial charge in [0.15, 0.2) is 5.82 Å². The van der Waals surface area contributed by atoms with Crippen LogP contribution in [0.2, 0.25) is 10.0 Å². The molecule has 0 aliphatic heterocycles. The number of anilines is 1. The third-order valence-electron chi connectivity index (χ3n) is 2.97. The van der Waals surface area contributed by atoms with Crippen molar-refractivity contribution in [3.8, 4) is 22.5 Å². The van der Waals surface area contributed by atoms with Gasteiger partial charge in [-0.25, -0.2) is 0 Å². The van der Waals surface area contributed by atoms with Gasteiger partial charge < -0.3 is 5.73 Å². The average Bonchev–Trinajstić information content (AvgIpc) is 2.99. The van der Waals surface area contributed by atoms with E-state index in [2.05, 4.69) is 15.3 Å². The van der Waals surface area contributed by atoms with Crippen LogP contribution in [0.15, 0.2) is 30.5 Å². The second kappa shape index (κ2) is 4.85. The molecule has 3 rings (SSSR count). The zero-order valence-corrected chi connectivity index (χ0v) is 12.1. The lowest BCUT2D eigenvalue weighted by Crippen LogP contribution is -1.91. The van der Waals surface area contributed by atoms with Crippen LogP contribution in [0.4, 0.5) is 5.82 Å². The summed E-state index contributed by atoms with van der Waals surface area (Å²) < 4.78 is 1.71. The van der Waals surface area contributed by atoms with Crippen molar-refractivity contribution in [3.63, 3.8) is 0 Å². The molecule has 0 aliphatic rings. The molecule has 1 aromatic carbocycles. The fourth-order valence-electron chi connectivity index (χ4n) is 2.03. The first-order valence-corrected chi connectivity index (χ1v) is 6.61. The average molecular weight is 308 g/mol. The molecule has 0 fully saturated rings. The predicted octanol–water partition coefficient (Wildman–Crippen LogP) is 3.37. The maximum Gasteiger partial charge on any atom is 0.153 e. The summed E-state index contributed by atoms with van der Waals surface area (Å²) in [4.78, 5) is 0. The van der Waals surface area contributed by atoms with Crippen molar-refractivity contribution >= 4 is 29.0 Å². The number of nitrogens with one attached hydrogen (secondary N) is 1. The van der Waals surface area contributed by atoms with Crippen molar-refractivity contribution in [2.45, 2.75) is 0 Å². The number of hydrogen-bond donors (Lipinski definition) is 2. The van der Waals surface area contributed by atoms with Crippen LogP contribution in [0.25, 0.3) is 22.5 Å². The highest BCUT2D eigenvalue weighted by molar-refractivity contribution is 6.42. The van der Waals surface area contributed by atoms with Gasteiger partial charge >= 0.3 is 0 Å². The SMILES string of the molecule is Cn1ccc(-c2[nH]nc(N)c2-c2ccc(Cl)c(Cl)c2)n1. The molecule has 0 saturated heterocycles. The van der Waals surface area contributed by atoms with Crippen LogP contribution < -0.4 is 5.73 Å². The van der Waals surface area contributed by atoms with E-state index in [1.54, 1.807) is 16.8 Å².